The predicted octanol–water partition coefficient (Wildman–Crippen LogP) is 1.89. The van der Waals surface area contributed by atoms with Gasteiger partial charge in [0.1, 0.15) is 0 Å². The SMILES string of the molecule is N.[Cu+2].[N-]=[N+]=[N-].[N-]=[N+]=[N-]. The van der Waals surface area contributed by atoms with Crippen LogP contribution in [0.2, 0.25) is 0 Å². The molecular formula is H3CuN7. The van der Waals surface area contributed by atoms with Gasteiger partial charge in [0.05, 0.1) is 0 Å². The van der Waals surface area contributed by atoms with Crippen LogP contribution in [-0.4, -0.2) is 0 Å². The molecule has 0 aliphatic carbocycles. The molecule has 0 bridgehead atoms. The molecule has 0 saturated heterocycles. The second-order valence-electron chi connectivity index (χ2n) is 0.179. The Labute approximate surface area is 56.0 Å². The van der Waals surface area contributed by atoms with Gasteiger partial charge in [0.2, 0.25) is 0 Å². The van der Waals surface area contributed by atoms with Crippen molar-refractivity contribution in [1.82, 2.24) is 6.15 Å². The fourth-order valence-corrected chi connectivity index (χ4v) is 0. The van der Waals surface area contributed by atoms with E-state index in [1.54, 1.807) is 0 Å². The Hall–Kier alpha value is -0.901. The predicted molar refractivity (Wildman–Crippen MR) is 25.2 cm³/mol. The molecule has 49 valence electrons. The van der Waals surface area contributed by atoms with Crippen LogP contribution in [0.15, 0.2) is 0 Å². The van der Waals surface area contributed by atoms with Crippen molar-refractivity contribution in [1.29, 1.82) is 0 Å². The fraction of sp³-hybridized carbons (Fsp3) is 0. The Morgan fingerprint density at radius 3 is 0.750 bits per heavy atom. The summed E-state index contributed by atoms with van der Waals surface area (Å²) in [6, 6.07) is 0. The largest absolute Gasteiger partial charge is 2.00 e. The van der Waals surface area contributed by atoms with Crippen LogP contribution in [0.3, 0.4) is 0 Å². The Balaban J connectivity index is -0.0000000160. The molecule has 0 aliphatic rings. The molecule has 7 nitrogen and oxygen atoms in total. The molecule has 0 unspecified atom stereocenters. The van der Waals surface area contributed by atoms with Crippen molar-refractivity contribution in [2.24, 2.45) is 0 Å². The summed E-state index contributed by atoms with van der Waals surface area (Å²) in [7, 11) is 0. The van der Waals surface area contributed by atoms with Gasteiger partial charge in [0.15, 0.2) is 0 Å². The molecule has 8 heteroatoms. The smallest absolute Gasteiger partial charge is 0.373 e. The molecular weight excluding hydrogens is 162 g/mol. The normalized spacial score (nSPS) is 2.00. The first kappa shape index (κ1) is 27.5. The van der Waals surface area contributed by atoms with Gasteiger partial charge in [-0.15, -0.1) is 0 Å². The zero-order valence-electron chi connectivity index (χ0n) is 3.69. The first-order valence-electron chi connectivity index (χ1n) is 0.800. The van der Waals surface area contributed by atoms with Gasteiger partial charge in [0, 0.05) is 0 Å². The van der Waals surface area contributed by atoms with Gasteiger partial charge >= 0.3 is 17.1 Å². The number of nitrogens with zero attached hydrogens (tertiary/aromatic N) is 6. The molecule has 0 atom stereocenters. The zero-order chi connectivity index (χ0) is 5.41. The molecule has 0 aromatic rings. The van der Waals surface area contributed by atoms with E-state index >= 15 is 0 Å². The van der Waals surface area contributed by atoms with E-state index in [4.69, 9.17) is 22.1 Å². The molecule has 0 fully saturated rings. The maximum Gasteiger partial charge on any atom is 2.00 e. The second kappa shape index (κ2) is 131. The molecule has 0 heterocycles. The minimum atomic E-state index is 0. The molecule has 0 rings (SSSR count). The summed E-state index contributed by atoms with van der Waals surface area (Å²) in [5.41, 5.74) is 27.0. The van der Waals surface area contributed by atoms with Gasteiger partial charge in [-0.2, -0.15) is 0 Å². The summed E-state index contributed by atoms with van der Waals surface area (Å²) in [5.74, 6) is 0. The van der Waals surface area contributed by atoms with E-state index < -0.39 is 0 Å². The van der Waals surface area contributed by atoms with Gasteiger partial charge in [-0.1, -0.05) is 0 Å². The molecule has 0 saturated carbocycles. The van der Waals surface area contributed by atoms with Crippen LogP contribution in [-0.2, 0) is 17.1 Å². The third-order valence-corrected chi connectivity index (χ3v) is 0. The second-order valence-corrected chi connectivity index (χ2v) is 0.179. The van der Waals surface area contributed by atoms with Crippen LogP contribution >= 0.6 is 0 Å². The van der Waals surface area contributed by atoms with Crippen LogP contribution in [0, 0.1) is 0 Å². The van der Waals surface area contributed by atoms with Crippen molar-refractivity contribution in [2.75, 3.05) is 0 Å². The van der Waals surface area contributed by atoms with Crippen molar-refractivity contribution in [3.05, 3.63) is 31.9 Å². The van der Waals surface area contributed by atoms with Gasteiger partial charge in [-0.05, 0) is 0 Å². The quantitative estimate of drug-likeness (QED) is 0.247. The number of hydrogen-bond donors (Lipinski definition) is 1. The summed E-state index contributed by atoms with van der Waals surface area (Å²) in [6.07, 6.45) is 0. The fourth-order valence-electron chi connectivity index (χ4n) is 0. The number of rotatable bonds is 0. The monoisotopic (exact) mass is 164 g/mol. The van der Waals surface area contributed by atoms with Gasteiger partial charge in [-0.25, -0.2) is 0 Å². The van der Waals surface area contributed by atoms with E-state index in [-0.39, 0.29) is 23.2 Å². The van der Waals surface area contributed by atoms with Gasteiger partial charge in [0.25, 0.3) is 0 Å². The minimum absolute atomic E-state index is 0. The van der Waals surface area contributed by atoms with Crippen LogP contribution < -0.4 is 6.15 Å². The topological polar surface area (TPSA) is 152 Å². The molecule has 0 spiro atoms. The Morgan fingerprint density at radius 1 is 0.750 bits per heavy atom. The van der Waals surface area contributed by atoms with Crippen molar-refractivity contribution in [2.45, 2.75) is 0 Å². The van der Waals surface area contributed by atoms with Crippen molar-refractivity contribution < 1.29 is 17.1 Å². The van der Waals surface area contributed by atoms with E-state index in [1.807, 2.05) is 0 Å². The molecule has 1 radical (unpaired) electrons. The van der Waals surface area contributed by atoms with E-state index in [1.165, 1.54) is 9.82 Å². The van der Waals surface area contributed by atoms with Crippen molar-refractivity contribution in [3.8, 4) is 0 Å². The first-order valence-corrected chi connectivity index (χ1v) is 0.800. The summed E-state index contributed by atoms with van der Waals surface area (Å²) >= 11 is 0. The van der Waals surface area contributed by atoms with E-state index in [0.29, 0.717) is 0 Å². The number of hydrogen-bond acceptors (Lipinski definition) is 1. The van der Waals surface area contributed by atoms with E-state index in [0.717, 1.165) is 0 Å². The maximum absolute atomic E-state index is 6.75. The molecule has 0 amide bonds. The Bertz CT molecular complexity index is 58.4. The van der Waals surface area contributed by atoms with Crippen LogP contribution in [0.25, 0.3) is 31.9 Å². The van der Waals surface area contributed by atoms with Crippen LogP contribution in [0.5, 0.6) is 0 Å². The van der Waals surface area contributed by atoms with Gasteiger partial charge in [-0.3, -0.25) is 9.82 Å². The zero-order valence-corrected chi connectivity index (χ0v) is 4.63. The van der Waals surface area contributed by atoms with Gasteiger partial charge < -0.3 is 28.3 Å². The molecule has 3 N–H and O–H groups in total. The van der Waals surface area contributed by atoms with E-state index in [2.05, 4.69) is 0 Å². The molecule has 0 aromatic carbocycles. The Kier molecular flexibility index (Phi) is 451. The summed E-state index contributed by atoms with van der Waals surface area (Å²) in [6.45, 7) is 0. The minimum Gasteiger partial charge on any atom is -0.373 e. The third kappa shape index (κ3) is 106. The average Bonchev–Trinajstić information content (AvgIpc) is 1.39. The van der Waals surface area contributed by atoms with Crippen molar-refractivity contribution in [3.63, 3.8) is 0 Å². The summed E-state index contributed by atoms with van der Waals surface area (Å²) in [4.78, 5) is 3.00. The Morgan fingerprint density at radius 2 is 0.750 bits per heavy atom. The first-order chi connectivity index (χ1) is 2.83. The summed E-state index contributed by atoms with van der Waals surface area (Å²) < 4.78 is 0. The standard InChI is InChI=1S/Cu.2N3.H3N/c;2*1-3-2;/h;;;1H3/q+2;2*-1;. The van der Waals surface area contributed by atoms with Crippen LogP contribution in [0.4, 0.5) is 0 Å². The van der Waals surface area contributed by atoms with Crippen LogP contribution in [0.1, 0.15) is 0 Å². The molecule has 8 heavy (non-hydrogen) atoms. The molecule has 0 aliphatic heterocycles. The van der Waals surface area contributed by atoms with Crippen molar-refractivity contribution >= 4 is 0 Å². The third-order valence-electron chi connectivity index (χ3n) is 0. The maximum atomic E-state index is 6.75. The summed E-state index contributed by atoms with van der Waals surface area (Å²) in [5, 5.41) is 0. The van der Waals surface area contributed by atoms with E-state index in [9.17, 15) is 0 Å². The molecule has 0 aromatic heterocycles. The average molecular weight is 165 g/mol.